The van der Waals surface area contributed by atoms with Crippen molar-refractivity contribution in [3.05, 3.63) is 0 Å². The van der Waals surface area contributed by atoms with Crippen LogP contribution < -0.4 is 0 Å². The van der Waals surface area contributed by atoms with Crippen LogP contribution in [0.4, 0.5) is 0 Å². The van der Waals surface area contributed by atoms with Gasteiger partial charge < -0.3 is 43.2 Å². The van der Waals surface area contributed by atoms with Crippen molar-refractivity contribution < 1.29 is 61.3 Å². The van der Waals surface area contributed by atoms with Crippen LogP contribution in [0.1, 0.15) is 40.0 Å². The van der Waals surface area contributed by atoms with Gasteiger partial charge in [0.1, 0.15) is 0 Å². The third-order valence-electron chi connectivity index (χ3n) is 4.42. The Balaban J connectivity index is 5.37. The van der Waals surface area contributed by atoms with Crippen LogP contribution >= 0.6 is 7.82 Å². The topological polar surface area (TPSA) is 227 Å². The van der Waals surface area contributed by atoms with Crippen molar-refractivity contribution in [2.24, 2.45) is 0 Å². The summed E-state index contributed by atoms with van der Waals surface area (Å²) in [5, 5.41) is 0. The van der Waals surface area contributed by atoms with E-state index in [-0.39, 0.29) is 19.3 Å². The zero-order chi connectivity index (χ0) is 23.1. The van der Waals surface area contributed by atoms with Crippen LogP contribution in [0.15, 0.2) is 0 Å². The maximum absolute atomic E-state index is 12.9. The molecule has 29 heavy (non-hydrogen) atoms. The van der Waals surface area contributed by atoms with Crippen LogP contribution in [0.25, 0.3) is 0 Å². The van der Waals surface area contributed by atoms with Gasteiger partial charge in [-0.2, -0.15) is 0 Å². The summed E-state index contributed by atoms with van der Waals surface area (Å²) in [4.78, 5) is 84.7. The fourth-order valence-corrected chi connectivity index (χ4v) is 6.46. The molecule has 0 heterocycles. The van der Waals surface area contributed by atoms with Gasteiger partial charge in [0.2, 0.25) is 0 Å². The molecule has 13 nitrogen and oxygen atoms in total. The second-order valence-electron chi connectivity index (χ2n) is 6.71. The van der Waals surface area contributed by atoms with Gasteiger partial charge in [-0.1, -0.05) is 20.8 Å². The molecule has 0 saturated heterocycles. The summed E-state index contributed by atoms with van der Waals surface area (Å²) in [6.07, 6.45) is 0.139. The molecule has 3 atom stereocenters. The molecule has 0 aliphatic rings. The zero-order valence-corrected chi connectivity index (χ0v) is 20.5. The van der Waals surface area contributed by atoms with E-state index in [1.54, 1.807) is 0 Å². The third-order valence-corrected chi connectivity index (χ3v) is 10.8. The Kier molecular flexibility index (Phi) is 12.0. The van der Waals surface area contributed by atoms with E-state index in [2.05, 4.69) is 0 Å². The van der Waals surface area contributed by atoms with E-state index in [1.165, 1.54) is 20.8 Å². The van der Waals surface area contributed by atoms with Gasteiger partial charge in [-0.05, 0) is 19.3 Å². The van der Waals surface area contributed by atoms with Crippen molar-refractivity contribution in [1.82, 2.24) is 0 Å². The Hall–Kier alpha value is 0.401. The molecule has 176 valence electrons. The molecule has 0 aliphatic heterocycles. The van der Waals surface area contributed by atoms with Gasteiger partial charge in [0.25, 0.3) is 0 Å². The van der Waals surface area contributed by atoms with E-state index in [9.17, 15) is 47.7 Å². The molecule has 0 aliphatic carbocycles. The van der Waals surface area contributed by atoms with E-state index in [0.717, 1.165) is 0 Å². The molecule has 3 unspecified atom stereocenters. The van der Waals surface area contributed by atoms with Crippen LogP contribution in [-0.4, -0.2) is 89.4 Å². The maximum Gasteiger partial charge on any atom is 0.498 e. The van der Waals surface area contributed by atoms with Gasteiger partial charge in [0, 0.05) is 0 Å². The van der Waals surface area contributed by atoms with Crippen molar-refractivity contribution in [3.8, 4) is 0 Å². The Morgan fingerprint density at radius 3 is 0.931 bits per heavy atom. The third kappa shape index (κ3) is 11.0. The van der Waals surface area contributed by atoms with Gasteiger partial charge in [-0.25, -0.2) is 4.57 Å². The first-order chi connectivity index (χ1) is 13.0. The lowest BCUT2D eigenvalue weighted by Gasteiger charge is -2.27. The molecular formula is C12H33O13PSi3. The molecule has 0 aromatic carbocycles. The second-order valence-corrected chi connectivity index (χ2v) is 15.0. The predicted octanol–water partition coefficient (Wildman–Crippen LogP) is -1.77. The van der Waals surface area contributed by atoms with Crippen LogP contribution in [0, 0.1) is 0 Å². The molecule has 0 fully saturated rings. The van der Waals surface area contributed by atoms with E-state index in [0.29, 0.717) is 0 Å². The molecule has 17 heteroatoms. The number of hydrogen-bond donors (Lipinski definition) is 9. The molecule has 0 aromatic heterocycles. The Labute approximate surface area is 172 Å². The van der Waals surface area contributed by atoms with Crippen molar-refractivity contribution in [3.63, 3.8) is 0 Å². The SMILES string of the molecule is CCC(COP(=O)(OCC(CC)[Si](O)(O)O)OCC(CC)[Si](O)(O)O)[Si](O)(O)O. The van der Waals surface area contributed by atoms with Crippen molar-refractivity contribution in [2.45, 2.75) is 56.7 Å². The van der Waals surface area contributed by atoms with E-state index < -0.39 is 70.7 Å². The summed E-state index contributed by atoms with van der Waals surface area (Å²) >= 11 is 0. The predicted molar refractivity (Wildman–Crippen MR) is 105 cm³/mol. The van der Waals surface area contributed by atoms with Crippen LogP contribution in [0.5, 0.6) is 0 Å². The van der Waals surface area contributed by atoms with Gasteiger partial charge >= 0.3 is 34.2 Å². The van der Waals surface area contributed by atoms with Crippen molar-refractivity contribution in [1.29, 1.82) is 0 Å². The fraction of sp³-hybridized carbons (Fsp3) is 1.00. The van der Waals surface area contributed by atoms with E-state index in [4.69, 9.17) is 13.6 Å². The van der Waals surface area contributed by atoms with Crippen molar-refractivity contribution in [2.75, 3.05) is 19.8 Å². The molecular weight excluding hydrogens is 467 g/mol. The molecule has 0 aromatic rings. The summed E-state index contributed by atoms with van der Waals surface area (Å²) in [6, 6.07) is 0. The molecule has 0 bridgehead atoms. The Morgan fingerprint density at radius 2 is 0.793 bits per heavy atom. The highest BCUT2D eigenvalue weighted by molar-refractivity contribution is 7.48. The Bertz CT molecular complexity index is 447. The van der Waals surface area contributed by atoms with Crippen LogP contribution in [-0.2, 0) is 18.1 Å². The summed E-state index contributed by atoms with van der Waals surface area (Å²) < 4.78 is 28.0. The Morgan fingerprint density at radius 1 is 0.586 bits per heavy atom. The van der Waals surface area contributed by atoms with E-state index in [1.807, 2.05) is 0 Å². The lowest BCUT2D eigenvalue weighted by Crippen LogP contribution is -2.43. The largest absolute Gasteiger partial charge is 0.498 e. The number of rotatable bonds is 15. The highest BCUT2D eigenvalue weighted by Crippen LogP contribution is 2.52. The first-order valence-corrected chi connectivity index (χ1v) is 16.3. The average Bonchev–Trinajstić information content (AvgIpc) is 2.52. The molecule has 0 spiro atoms. The normalized spacial score (nSPS) is 18.9. The molecule has 0 radical (unpaired) electrons. The van der Waals surface area contributed by atoms with Gasteiger partial charge in [-0.15, -0.1) is 0 Å². The lowest BCUT2D eigenvalue weighted by atomic mass is 10.3. The lowest BCUT2D eigenvalue weighted by molar-refractivity contribution is 0.0884. The molecule has 0 rings (SSSR count). The van der Waals surface area contributed by atoms with Gasteiger partial charge in [0.05, 0.1) is 36.4 Å². The zero-order valence-electron chi connectivity index (χ0n) is 16.6. The van der Waals surface area contributed by atoms with Crippen LogP contribution in [0.2, 0.25) is 16.6 Å². The highest BCUT2D eigenvalue weighted by atomic mass is 31.2. The van der Waals surface area contributed by atoms with E-state index >= 15 is 0 Å². The molecule has 9 N–H and O–H groups in total. The summed E-state index contributed by atoms with van der Waals surface area (Å²) in [6.45, 7) is 2.57. The van der Waals surface area contributed by atoms with Gasteiger partial charge in [-0.3, -0.25) is 13.6 Å². The quantitative estimate of drug-likeness (QED) is 0.0897. The first-order valence-electron chi connectivity index (χ1n) is 9.05. The number of phosphoric acid groups is 1. The number of phosphoric ester groups is 1. The fourth-order valence-electron chi connectivity index (χ4n) is 2.17. The average molecular weight is 501 g/mol. The minimum atomic E-state index is -4.63. The summed E-state index contributed by atoms with van der Waals surface area (Å²) in [5.41, 5.74) is -3.55. The first kappa shape index (κ1) is 29.4. The van der Waals surface area contributed by atoms with Crippen LogP contribution in [0.3, 0.4) is 0 Å². The van der Waals surface area contributed by atoms with Crippen molar-refractivity contribution >= 4 is 34.2 Å². The van der Waals surface area contributed by atoms with Gasteiger partial charge in [0.15, 0.2) is 0 Å². The minimum Gasteiger partial charge on any atom is -0.390 e. The standard InChI is InChI=1S/C12H33O13PSi3/c1-4-10(27(14,15)16)7-23-26(13,24-8-11(5-2)28(17,18)19)25-9-12(6-3)29(20,21)22/h10-12,14-22H,4-9H2,1-3H3. The minimum absolute atomic E-state index is 0.0464. The smallest absolute Gasteiger partial charge is 0.390 e. The summed E-state index contributed by atoms with van der Waals surface area (Å²) in [5.74, 6) is 0. The molecule has 0 amide bonds. The second kappa shape index (κ2) is 11.9. The highest BCUT2D eigenvalue weighted by Gasteiger charge is 2.45. The summed E-state index contributed by atoms with van der Waals surface area (Å²) in [7, 11) is -18.5. The maximum atomic E-state index is 12.9. The monoisotopic (exact) mass is 500 g/mol. The number of hydrogen-bond acceptors (Lipinski definition) is 13. The molecule has 0 saturated carbocycles.